The van der Waals surface area contributed by atoms with Crippen LogP contribution in [-0.4, -0.2) is 26.4 Å². The van der Waals surface area contributed by atoms with Gasteiger partial charge in [0.1, 0.15) is 5.69 Å². The molecule has 0 radical (unpaired) electrons. The lowest BCUT2D eigenvalue weighted by atomic mass is 10.1. The summed E-state index contributed by atoms with van der Waals surface area (Å²) in [6.07, 6.45) is 2.95. The predicted octanol–water partition coefficient (Wildman–Crippen LogP) is 0.580. The van der Waals surface area contributed by atoms with Gasteiger partial charge in [-0.25, -0.2) is 4.98 Å². The minimum absolute atomic E-state index is 0.223. The first-order valence-electron chi connectivity index (χ1n) is 4.74. The summed E-state index contributed by atoms with van der Waals surface area (Å²) < 4.78 is 0. The van der Waals surface area contributed by atoms with Crippen LogP contribution in [0, 0.1) is 6.92 Å². The molecule has 3 N–H and O–H groups in total. The SMILES string of the molecule is Cc1cnc(C(=O)NC(C)(C)C(N)=S)cn1. The predicted molar refractivity (Wildman–Crippen MR) is 65.1 cm³/mol. The molecule has 1 aromatic heterocycles. The van der Waals surface area contributed by atoms with Crippen LogP contribution >= 0.6 is 12.2 Å². The fourth-order valence-electron chi connectivity index (χ4n) is 0.919. The quantitative estimate of drug-likeness (QED) is 0.753. The van der Waals surface area contributed by atoms with Crippen molar-refractivity contribution in [3.8, 4) is 0 Å². The molecule has 86 valence electrons. The van der Waals surface area contributed by atoms with Crippen LogP contribution in [0.1, 0.15) is 30.0 Å². The van der Waals surface area contributed by atoms with Crippen molar-refractivity contribution in [3.63, 3.8) is 0 Å². The molecular formula is C10H14N4OS. The fraction of sp³-hybridized carbons (Fsp3) is 0.400. The molecule has 0 saturated heterocycles. The van der Waals surface area contributed by atoms with Gasteiger partial charge in [0, 0.05) is 6.20 Å². The van der Waals surface area contributed by atoms with E-state index in [9.17, 15) is 4.79 Å². The van der Waals surface area contributed by atoms with E-state index in [-0.39, 0.29) is 16.6 Å². The number of hydrogen-bond donors (Lipinski definition) is 2. The van der Waals surface area contributed by atoms with Crippen molar-refractivity contribution in [1.82, 2.24) is 15.3 Å². The van der Waals surface area contributed by atoms with Crippen molar-refractivity contribution in [3.05, 3.63) is 23.8 Å². The molecule has 0 fully saturated rings. The summed E-state index contributed by atoms with van der Waals surface area (Å²) in [4.78, 5) is 19.9. The topological polar surface area (TPSA) is 80.9 Å². The number of nitrogens with two attached hydrogens (primary N) is 1. The molecule has 1 rings (SSSR count). The number of amides is 1. The minimum atomic E-state index is -0.737. The molecule has 1 aromatic rings. The highest BCUT2D eigenvalue weighted by atomic mass is 32.1. The Bertz CT molecular complexity index is 413. The molecule has 0 aliphatic heterocycles. The summed E-state index contributed by atoms with van der Waals surface area (Å²) in [7, 11) is 0. The second-order valence-corrected chi connectivity index (χ2v) is 4.43. The van der Waals surface area contributed by atoms with Gasteiger partial charge in [-0.05, 0) is 20.8 Å². The zero-order valence-corrected chi connectivity index (χ0v) is 10.3. The molecule has 0 aliphatic carbocycles. The van der Waals surface area contributed by atoms with Crippen LogP contribution in [0.5, 0.6) is 0 Å². The summed E-state index contributed by atoms with van der Waals surface area (Å²) in [6, 6.07) is 0. The Kier molecular flexibility index (Phi) is 3.54. The number of carbonyl (C=O) groups is 1. The molecule has 1 amide bonds. The Balaban J connectivity index is 2.81. The number of carbonyl (C=O) groups excluding carboxylic acids is 1. The molecule has 0 aliphatic rings. The van der Waals surface area contributed by atoms with Crippen molar-refractivity contribution >= 4 is 23.1 Å². The third-order valence-electron chi connectivity index (χ3n) is 2.06. The average molecular weight is 238 g/mol. The monoisotopic (exact) mass is 238 g/mol. The zero-order chi connectivity index (χ0) is 12.3. The van der Waals surface area contributed by atoms with E-state index in [2.05, 4.69) is 15.3 Å². The fourth-order valence-corrected chi connectivity index (χ4v) is 0.970. The zero-order valence-electron chi connectivity index (χ0n) is 9.44. The summed E-state index contributed by atoms with van der Waals surface area (Å²) in [5, 5.41) is 2.68. The van der Waals surface area contributed by atoms with Crippen molar-refractivity contribution in [2.24, 2.45) is 5.73 Å². The molecule has 0 unspecified atom stereocenters. The van der Waals surface area contributed by atoms with E-state index >= 15 is 0 Å². The van der Waals surface area contributed by atoms with E-state index in [1.54, 1.807) is 20.8 Å². The summed E-state index contributed by atoms with van der Waals surface area (Å²) in [5.74, 6) is -0.342. The Morgan fingerprint density at radius 2 is 2.06 bits per heavy atom. The van der Waals surface area contributed by atoms with E-state index in [1.165, 1.54) is 12.4 Å². The van der Waals surface area contributed by atoms with Gasteiger partial charge in [-0.1, -0.05) is 12.2 Å². The van der Waals surface area contributed by atoms with Crippen LogP contribution in [-0.2, 0) is 0 Å². The van der Waals surface area contributed by atoms with Crippen molar-refractivity contribution < 1.29 is 4.79 Å². The minimum Gasteiger partial charge on any atom is -0.391 e. The average Bonchev–Trinajstić information content (AvgIpc) is 2.17. The van der Waals surface area contributed by atoms with Gasteiger partial charge in [0.15, 0.2) is 0 Å². The van der Waals surface area contributed by atoms with Crippen LogP contribution in [0.15, 0.2) is 12.4 Å². The maximum Gasteiger partial charge on any atom is 0.272 e. The normalized spacial score (nSPS) is 10.9. The Morgan fingerprint density at radius 1 is 1.44 bits per heavy atom. The number of thiocarbonyl (C=S) groups is 1. The first kappa shape index (κ1) is 12.5. The van der Waals surface area contributed by atoms with Gasteiger partial charge in [0.05, 0.1) is 22.4 Å². The first-order valence-corrected chi connectivity index (χ1v) is 5.15. The van der Waals surface area contributed by atoms with Gasteiger partial charge in [0.2, 0.25) is 0 Å². The molecule has 6 heteroatoms. The van der Waals surface area contributed by atoms with Crippen molar-refractivity contribution in [1.29, 1.82) is 0 Å². The number of aromatic nitrogens is 2. The lowest BCUT2D eigenvalue weighted by Gasteiger charge is -2.24. The molecule has 0 atom stereocenters. The van der Waals surface area contributed by atoms with Crippen LogP contribution < -0.4 is 11.1 Å². The van der Waals surface area contributed by atoms with E-state index in [4.69, 9.17) is 18.0 Å². The van der Waals surface area contributed by atoms with E-state index in [0.717, 1.165) is 5.69 Å². The number of hydrogen-bond acceptors (Lipinski definition) is 4. The van der Waals surface area contributed by atoms with Crippen LogP contribution in [0.4, 0.5) is 0 Å². The third kappa shape index (κ3) is 2.96. The van der Waals surface area contributed by atoms with Crippen LogP contribution in [0.3, 0.4) is 0 Å². The second-order valence-electron chi connectivity index (χ2n) is 3.99. The number of nitrogens with one attached hydrogen (secondary N) is 1. The maximum atomic E-state index is 11.7. The Hall–Kier alpha value is -1.56. The van der Waals surface area contributed by atoms with Gasteiger partial charge >= 0.3 is 0 Å². The first-order chi connectivity index (χ1) is 7.33. The molecular weight excluding hydrogens is 224 g/mol. The maximum absolute atomic E-state index is 11.7. The summed E-state index contributed by atoms with van der Waals surface area (Å²) >= 11 is 4.85. The smallest absolute Gasteiger partial charge is 0.272 e. The summed E-state index contributed by atoms with van der Waals surface area (Å²) in [6.45, 7) is 5.26. The van der Waals surface area contributed by atoms with E-state index < -0.39 is 5.54 Å². The standard InChI is InChI=1S/C10H14N4OS/c1-6-4-13-7(5-12-6)8(15)14-10(2,3)9(11)16/h4-5H,1-3H3,(H2,11,16)(H,14,15). The van der Waals surface area contributed by atoms with Gasteiger partial charge in [0.25, 0.3) is 5.91 Å². The number of aryl methyl sites for hydroxylation is 1. The van der Waals surface area contributed by atoms with Crippen molar-refractivity contribution in [2.75, 3.05) is 0 Å². The third-order valence-corrected chi connectivity index (χ3v) is 2.57. The second kappa shape index (κ2) is 4.52. The van der Waals surface area contributed by atoms with Gasteiger partial charge in [-0.2, -0.15) is 0 Å². The van der Waals surface area contributed by atoms with Gasteiger partial charge in [-0.15, -0.1) is 0 Å². The number of rotatable bonds is 3. The molecule has 1 heterocycles. The van der Waals surface area contributed by atoms with E-state index in [1.807, 2.05) is 0 Å². The Labute approximate surface area is 99.5 Å². The van der Waals surface area contributed by atoms with Gasteiger partial charge < -0.3 is 11.1 Å². The van der Waals surface area contributed by atoms with Crippen LogP contribution in [0.2, 0.25) is 0 Å². The molecule has 0 saturated carbocycles. The lowest BCUT2D eigenvalue weighted by molar-refractivity contribution is 0.0926. The Morgan fingerprint density at radius 3 is 2.50 bits per heavy atom. The molecule has 16 heavy (non-hydrogen) atoms. The summed E-state index contributed by atoms with van der Waals surface area (Å²) in [5.41, 5.74) is 5.76. The van der Waals surface area contributed by atoms with Crippen LogP contribution in [0.25, 0.3) is 0 Å². The molecule has 0 aromatic carbocycles. The van der Waals surface area contributed by atoms with Crippen molar-refractivity contribution in [2.45, 2.75) is 26.3 Å². The molecule has 0 bridgehead atoms. The lowest BCUT2D eigenvalue weighted by Crippen LogP contribution is -2.52. The molecule has 5 nitrogen and oxygen atoms in total. The largest absolute Gasteiger partial charge is 0.391 e. The highest BCUT2D eigenvalue weighted by Crippen LogP contribution is 2.04. The van der Waals surface area contributed by atoms with E-state index in [0.29, 0.717) is 0 Å². The molecule has 0 spiro atoms. The highest BCUT2D eigenvalue weighted by Gasteiger charge is 2.24. The highest BCUT2D eigenvalue weighted by molar-refractivity contribution is 7.80. The number of nitrogens with zero attached hydrogens (tertiary/aromatic N) is 2. The van der Waals surface area contributed by atoms with Gasteiger partial charge in [-0.3, -0.25) is 9.78 Å².